The first-order chi connectivity index (χ1) is 36.0. The van der Waals surface area contributed by atoms with Crippen molar-refractivity contribution >= 4 is 19.8 Å². The molecule has 74 heavy (non-hydrogen) atoms. The van der Waals surface area contributed by atoms with E-state index >= 15 is 0 Å². The SMILES string of the molecule is CCCCCCCCCCCCCCCCCCCCCCCCCCCCC(=O)OC(COC(=O)CCCCCCCCCCCCCCCCCCCCCCCCCC)COP(=O)([O-])OCC[N+](C)(C)C. The number of quaternary nitrogens is 1. The lowest BCUT2D eigenvalue weighted by molar-refractivity contribution is -0.870. The number of hydrogen-bond donors (Lipinski definition) is 0. The third-order valence-corrected chi connectivity index (χ3v) is 16.1. The minimum atomic E-state index is -4.63. The Bertz CT molecular complexity index is 1210. The minimum absolute atomic E-state index is 0.0249. The van der Waals surface area contributed by atoms with Crippen molar-refractivity contribution in [2.45, 2.75) is 354 Å². The smallest absolute Gasteiger partial charge is 0.306 e. The highest BCUT2D eigenvalue weighted by Gasteiger charge is 2.22. The average molecular weight is 1070 g/mol. The maximum Gasteiger partial charge on any atom is 0.306 e. The number of carbonyl (C=O) groups excluding carboxylic acids is 2. The van der Waals surface area contributed by atoms with Crippen LogP contribution in [0.15, 0.2) is 0 Å². The zero-order valence-electron chi connectivity index (χ0n) is 50.3. The number of phosphoric acid groups is 1. The molecule has 0 aromatic carbocycles. The van der Waals surface area contributed by atoms with Gasteiger partial charge >= 0.3 is 11.9 Å². The van der Waals surface area contributed by atoms with E-state index in [1.807, 2.05) is 21.1 Å². The molecule has 0 spiro atoms. The zero-order chi connectivity index (χ0) is 54.2. The molecule has 442 valence electrons. The number of unbranched alkanes of at least 4 members (excludes halogenated alkanes) is 48. The third-order valence-electron chi connectivity index (χ3n) is 15.1. The van der Waals surface area contributed by atoms with Crippen LogP contribution in [0.2, 0.25) is 0 Å². The molecule has 0 saturated carbocycles. The number of ether oxygens (including phenoxy) is 2. The standard InChI is InChI=1S/C64H128NO8P/c1-6-8-10-12-14-16-18-20-22-24-26-28-30-32-33-35-37-39-41-43-45-47-49-51-53-55-57-64(67)73-62(61-72-74(68,69)71-59-58-65(3,4)5)60-70-63(66)56-54-52-50-48-46-44-42-40-38-36-34-31-29-27-25-23-21-19-17-15-13-11-9-7-2/h62H,6-61H2,1-5H3. The van der Waals surface area contributed by atoms with Gasteiger partial charge in [0.05, 0.1) is 27.7 Å². The van der Waals surface area contributed by atoms with Crippen LogP contribution >= 0.6 is 7.82 Å². The first-order valence-corrected chi connectivity index (χ1v) is 34.2. The van der Waals surface area contributed by atoms with Gasteiger partial charge < -0.3 is 27.9 Å². The van der Waals surface area contributed by atoms with Crippen LogP contribution in [0.4, 0.5) is 0 Å². The molecule has 9 nitrogen and oxygen atoms in total. The zero-order valence-corrected chi connectivity index (χ0v) is 51.2. The summed E-state index contributed by atoms with van der Waals surface area (Å²) in [6, 6.07) is 0. The van der Waals surface area contributed by atoms with Gasteiger partial charge in [0.1, 0.15) is 19.8 Å². The van der Waals surface area contributed by atoms with Crippen LogP contribution in [0.1, 0.15) is 348 Å². The van der Waals surface area contributed by atoms with Crippen LogP contribution < -0.4 is 4.89 Å². The first kappa shape index (κ1) is 73.0. The van der Waals surface area contributed by atoms with E-state index in [2.05, 4.69) is 13.8 Å². The second-order valence-electron chi connectivity index (χ2n) is 23.9. The van der Waals surface area contributed by atoms with E-state index in [9.17, 15) is 19.0 Å². The maximum atomic E-state index is 12.8. The molecule has 0 heterocycles. The van der Waals surface area contributed by atoms with Crippen molar-refractivity contribution < 1.29 is 42.1 Å². The molecule has 0 aromatic rings. The Morgan fingerprint density at radius 3 is 0.865 bits per heavy atom. The van der Waals surface area contributed by atoms with Crippen LogP contribution in [0.3, 0.4) is 0 Å². The number of carbonyl (C=O) groups is 2. The molecule has 0 amide bonds. The molecular weight excluding hydrogens is 942 g/mol. The molecule has 0 aliphatic rings. The fourth-order valence-electron chi connectivity index (χ4n) is 10.1. The summed E-state index contributed by atoms with van der Waals surface area (Å²) >= 11 is 0. The Hall–Kier alpha value is -0.990. The fraction of sp³-hybridized carbons (Fsp3) is 0.969. The number of esters is 2. The summed E-state index contributed by atoms with van der Waals surface area (Å²) in [6.07, 6.45) is 66.0. The Morgan fingerprint density at radius 2 is 0.608 bits per heavy atom. The number of hydrogen-bond acceptors (Lipinski definition) is 8. The summed E-state index contributed by atoms with van der Waals surface area (Å²) in [4.78, 5) is 38.0. The van der Waals surface area contributed by atoms with Crippen LogP contribution in [-0.4, -0.2) is 70.0 Å². The van der Waals surface area contributed by atoms with Gasteiger partial charge in [0.25, 0.3) is 7.82 Å². The molecular formula is C64H128NO8P. The van der Waals surface area contributed by atoms with Crippen molar-refractivity contribution in [2.24, 2.45) is 0 Å². The topological polar surface area (TPSA) is 111 Å². The van der Waals surface area contributed by atoms with E-state index in [1.54, 1.807) is 0 Å². The highest BCUT2D eigenvalue weighted by molar-refractivity contribution is 7.45. The van der Waals surface area contributed by atoms with E-state index in [4.69, 9.17) is 18.5 Å². The highest BCUT2D eigenvalue weighted by atomic mass is 31.2. The summed E-state index contributed by atoms with van der Waals surface area (Å²) in [5, 5.41) is 0. The van der Waals surface area contributed by atoms with E-state index in [0.29, 0.717) is 17.4 Å². The molecule has 0 fully saturated rings. The van der Waals surface area contributed by atoms with Crippen LogP contribution in [0.5, 0.6) is 0 Å². The second-order valence-corrected chi connectivity index (χ2v) is 25.3. The molecule has 0 N–H and O–H groups in total. The lowest BCUT2D eigenvalue weighted by Gasteiger charge is -2.28. The van der Waals surface area contributed by atoms with E-state index in [0.717, 1.165) is 32.1 Å². The van der Waals surface area contributed by atoms with Crippen molar-refractivity contribution in [2.75, 3.05) is 47.5 Å². The minimum Gasteiger partial charge on any atom is -0.756 e. The molecule has 2 unspecified atom stereocenters. The first-order valence-electron chi connectivity index (χ1n) is 32.7. The lowest BCUT2D eigenvalue weighted by atomic mass is 10.0. The van der Waals surface area contributed by atoms with Crippen molar-refractivity contribution in [3.8, 4) is 0 Å². The molecule has 0 saturated heterocycles. The monoisotopic (exact) mass is 1070 g/mol. The van der Waals surface area contributed by atoms with Gasteiger partial charge in [-0.3, -0.25) is 14.2 Å². The van der Waals surface area contributed by atoms with Crippen LogP contribution in [0.25, 0.3) is 0 Å². The largest absolute Gasteiger partial charge is 0.756 e. The van der Waals surface area contributed by atoms with Gasteiger partial charge in [-0.15, -0.1) is 0 Å². The van der Waals surface area contributed by atoms with Gasteiger partial charge in [0.15, 0.2) is 6.10 Å². The van der Waals surface area contributed by atoms with Crippen molar-refractivity contribution in [1.29, 1.82) is 0 Å². The van der Waals surface area contributed by atoms with Crippen molar-refractivity contribution in [3.05, 3.63) is 0 Å². The van der Waals surface area contributed by atoms with Crippen LogP contribution in [0, 0.1) is 0 Å². The fourth-order valence-corrected chi connectivity index (χ4v) is 10.8. The number of phosphoric ester groups is 1. The van der Waals surface area contributed by atoms with Crippen LogP contribution in [-0.2, 0) is 32.7 Å². The quantitative estimate of drug-likeness (QED) is 0.0256. The normalized spacial score (nSPS) is 13.1. The lowest BCUT2D eigenvalue weighted by Crippen LogP contribution is -2.37. The summed E-state index contributed by atoms with van der Waals surface area (Å²) < 4.78 is 34.3. The third kappa shape index (κ3) is 60.2. The molecule has 0 bridgehead atoms. The predicted molar refractivity (Wildman–Crippen MR) is 315 cm³/mol. The van der Waals surface area contributed by atoms with E-state index in [-0.39, 0.29) is 32.0 Å². The Labute approximate surface area is 461 Å². The Kier molecular flexibility index (Phi) is 56.0. The van der Waals surface area contributed by atoms with Crippen molar-refractivity contribution in [1.82, 2.24) is 0 Å². The molecule has 10 heteroatoms. The van der Waals surface area contributed by atoms with Gasteiger partial charge in [-0.2, -0.15) is 0 Å². The van der Waals surface area contributed by atoms with Gasteiger partial charge in [0, 0.05) is 12.8 Å². The summed E-state index contributed by atoms with van der Waals surface area (Å²) in [6.45, 7) is 4.33. The van der Waals surface area contributed by atoms with Gasteiger partial charge in [-0.25, -0.2) is 0 Å². The average Bonchev–Trinajstić information content (AvgIpc) is 3.36. The number of rotatable bonds is 62. The van der Waals surface area contributed by atoms with E-state index < -0.39 is 26.5 Å². The summed E-state index contributed by atoms with van der Waals surface area (Å²) in [7, 11) is 1.19. The molecule has 0 rings (SSSR count). The Balaban J connectivity index is 4.02. The molecule has 2 atom stereocenters. The van der Waals surface area contributed by atoms with Gasteiger partial charge in [0.2, 0.25) is 0 Å². The molecule has 0 aliphatic heterocycles. The summed E-state index contributed by atoms with van der Waals surface area (Å²) in [5.74, 6) is -0.805. The Morgan fingerprint density at radius 1 is 0.365 bits per heavy atom. The maximum absolute atomic E-state index is 12.8. The second kappa shape index (κ2) is 56.7. The number of likely N-dealkylation sites (N-methyl/N-ethyl adjacent to an activating group) is 1. The number of nitrogens with zero attached hydrogens (tertiary/aromatic N) is 1. The molecule has 0 aromatic heterocycles. The van der Waals surface area contributed by atoms with Gasteiger partial charge in [-0.05, 0) is 12.8 Å². The van der Waals surface area contributed by atoms with Gasteiger partial charge in [-0.1, -0.05) is 322 Å². The van der Waals surface area contributed by atoms with Crippen molar-refractivity contribution in [3.63, 3.8) is 0 Å². The highest BCUT2D eigenvalue weighted by Crippen LogP contribution is 2.38. The summed E-state index contributed by atoms with van der Waals surface area (Å²) in [5.41, 5.74) is 0. The predicted octanol–water partition coefficient (Wildman–Crippen LogP) is 20.0. The molecule has 0 aliphatic carbocycles. The molecule has 0 radical (unpaired) electrons. The van der Waals surface area contributed by atoms with E-state index in [1.165, 1.54) is 283 Å².